The summed E-state index contributed by atoms with van der Waals surface area (Å²) in [6.45, 7) is 3.85. The van der Waals surface area contributed by atoms with Crippen LogP contribution >= 0.6 is 0 Å². The number of nitrogens with zero attached hydrogens (tertiary/aromatic N) is 1. The van der Waals surface area contributed by atoms with E-state index in [2.05, 4.69) is 10.6 Å². The lowest BCUT2D eigenvalue weighted by atomic mass is 9.95. The molecule has 1 atom stereocenters. The standard InChI is InChI=1S/C19H25N3O3/c1-12(2)22-15-11-7-6-10-14(15)16(19(22)25)21-18(24)17(23)20-13-8-4-3-5-9-13/h6-7,10-13,16H,3-5,8-9H2,1-2H3,(H,20,23)(H,21,24). The van der Waals surface area contributed by atoms with E-state index < -0.39 is 17.9 Å². The summed E-state index contributed by atoms with van der Waals surface area (Å²) >= 11 is 0. The van der Waals surface area contributed by atoms with E-state index in [1.807, 2.05) is 38.1 Å². The van der Waals surface area contributed by atoms with Gasteiger partial charge in [0.25, 0.3) is 5.91 Å². The molecule has 0 radical (unpaired) electrons. The minimum absolute atomic E-state index is 0.0217. The van der Waals surface area contributed by atoms with Gasteiger partial charge in [-0.05, 0) is 32.8 Å². The smallest absolute Gasteiger partial charge is 0.310 e. The lowest BCUT2D eigenvalue weighted by Crippen LogP contribution is -2.48. The summed E-state index contributed by atoms with van der Waals surface area (Å²) < 4.78 is 0. The topological polar surface area (TPSA) is 78.5 Å². The Bertz CT molecular complexity index is 680. The number of carbonyl (C=O) groups is 3. The van der Waals surface area contributed by atoms with Crippen molar-refractivity contribution in [2.24, 2.45) is 0 Å². The SMILES string of the molecule is CC(C)N1C(=O)C(NC(=O)C(=O)NC2CCCCC2)c2ccccc21. The van der Waals surface area contributed by atoms with Crippen LogP contribution in [0, 0.1) is 0 Å². The minimum Gasteiger partial charge on any atom is -0.345 e. The van der Waals surface area contributed by atoms with Crippen LogP contribution in [0.1, 0.15) is 57.6 Å². The Morgan fingerprint density at radius 1 is 1.04 bits per heavy atom. The van der Waals surface area contributed by atoms with Gasteiger partial charge in [-0.1, -0.05) is 37.5 Å². The second-order valence-electron chi connectivity index (χ2n) is 7.08. The van der Waals surface area contributed by atoms with Gasteiger partial charge in [-0.3, -0.25) is 14.4 Å². The summed E-state index contributed by atoms with van der Waals surface area (Å²) in [4.78, 5) is 38.9. The molecule has 1 unspecified atom stereocenters. The number of hydrogen-bond donors (Lipinski definition) is 2. The Morgan fingerprint density at radius 3 is 2.36 bits per heavy atom. The monoisotopic (exact) mass is 343 g/mol. The quantitative estimate of drug-likeness (QED) is 0.825. The van der Waals surface area contributed by atoms with Crippen molar-refractivity contribution in [2.45, 2.75) is 64.1 Å². The lowest BCUT2D eigenvalue weighted by Gasteiger charge is -2.23. The van der Waals surface area contributed by atoms with Crippen LogP contribution < -0.4 is 15.5 Å². The van der Waals surface area contributed by atoms with Crippen LogP contribution in [-0.4, -0.2) is 29.8 Å². The summed E-state index contributed by atoms with van der Waals surface area (Å²) in [5.74, 6) is -1.60. The van der Waals surface area contributed by atoms with Crippen LogP contribution in [0.2, 0.25) is 0 Å². The third-order valence-electron chi connectivity index (χ3n) is 4.93. The Kier molecular flexibility index (Phi) is 5.06. The molecule has 1 fully saturated rings. The molecule has 6 heteroatoms. The minimum atomic E-state index is -0.803. The van der Waals surface area contributed by atoms with Crippen LogP contribution in [0.3, 0.4) is 0 Å². The maximum atomic E-state index is 12.7. The first-order chi connectivity index (χ1) is 12.0. The molecule has 1 aliphatic carbocycles. The number of para-hydroxylation sites is 1. The van der Waals surface area contributed by atoms with Crippen LogP contribution in [0.5, 0.6) is 0 Å². The highest BCUT2D eigenvalue weighted by Crippen LogP contribution is 2.36. The van der Waals surface area contributed by atoms with E-state index in [1.54, 1.807) is 4.90 Å². The molecule has 1 aromatic carbocycles. The van der Waals surface area contributed by atoms with Crippen LogP contribution in [-0.2, 0) is 14.4 Å². The highest BCUT2D eigenvalue weighted by molar-refractivity contribution is 6.35. The van der Waals surface area contributed by atoms with Gasteiger partial charge in [0.05, 0.1) is 0 Å². The second-order valence-corrected chi connectivity index (χ2v) is 7.08. The van der Waals surface area contributed by atoms with E-state index in [4.69, 9.17) is 0 Å². The fourth-order valence-electron chi connectivity index (χ4n) is 3.71. The summed E-state index contributed by atoms with van der Waals surface area (Å²) in [5, 5.41) is 5.41. The molecule has 0 aromatic heterocycles. The van der Waals surface area contributed by atoms with Gasteiger partial charge in [-0.25, -0.2) is 0 Å². The van der Waals surface area contributed by atoms with E-state index in [0.29, 0.717) is 0 Å². The fourth-order valence-corrected chi connectivity index (χ4v) is 3.71. The highest BCUT2D eigenvalue weighted by atomic mass is 16.2. The molecule has 25 heavy (non-hydrogen) atoms. The average Bonchev–Trinajstić information content (AvgIpc) is 2.88. The lowest BCUT2D eigenvalue weighted by molar-refractivity contribution is -0.141. The van der Waals surface area contributed by atoms with Crippen molar-refractivity contribution in [1.82, 2.24) is 10.6 Å². The third-order valence-corrected chi connectivity index (χ3v) is 4.93. The number of anilines is 1. The third kappa shape index (κ3) is 3.52. The number of amides is 3. The summed E-state index contributed by atoms with van der Waals surface area (Å²) in [7, 11) is 0. The number of rotatable bonds is 3. The van der Waals surface area contributed by atoms with Crippen molar-refractivity contribution in [3.8, 4) is 0 Å². The van der Waals surface area contributed by atoms with E-state index in [1.165, 1.54) is 6.42 Å². The maximum Gasteiger partial charge on any atom is 0.310 e. The van der Waals surface area contributed by atoms with Crippen molar-refractivity contribution < 1.29 is 14.4 Å². The van der Waals surface area contributed by atoms with Gasteiger partial charge in [-0.15, -0.1) is 0 Å². The van der Waals surface area contributed by atoms with Gasteiger partial charge in [0, 0.05) is 23.3 Å². The number of benzene rings is 1. The van der Waals surface area contributed by atoms with Gasteiger partial charge < -0.3 is 15.5 Å². The first-order valence-electron chi connectivity index (χ1n) is 9.02. The predicted molar refractivity (Wildman–Crippen MR) is 95.0 cm³/mol. The molecule has 0 spiro atoms. The van der Waals surface area contributed by atoms with Gasteiger partial charge >= 0.3 is 11.8 Å². The van der Waals surface area contributed by atoms with Gasteiger partial charge in [-0.2, -0.15) is 0 Å². The zero-order valence-corrected chi connectivity index (χ0v) is 14.7. The fraction of sp³-hybridized carbons (Fsp3) is 0.526. The van der Waals surface area contributed by atoms with Crippen molar-refractivity contribution in [1.29, 1.82) is 0 Å². The molecular formula is C19H25N3O3. The Balaban J connectivity index is 1.70. The van der Waals surface area contributed by atoms with Crippen molar-refractivity contribution >= 4 is 23.4 Å². The first kappa shape index (κ1) is 17.5. The second kappa shape index (κ2) is 7.25. The molecule has 0 bridgehead atoms. The Hall–Kier alpha value is -2.37. The number of carbonyl (C=O) groups excluding carboxylic acids is 3. The number of hydrogen-bond acceptors (Lipinski definition) is 3. The zero-order valence-electron chi connectivity index (χ0n) is 14.7. The molecule has 1 aromatic rings. The predicted octanol–water partition coefficient (Wildman–Crippen LogP) is 2.05. The van der Waals surface area contributed by atoms with Crippen LogP contribution in [0.15, 0.2) is 24.3 Å². The molecule has 2 aliphatic rings. The molecule has 3 amide bonds. The molecule has 1 aliphatic heterocycles. The molecule has 1 saturated carbocycles. The van der Waals surface area contributed by atoms with Crippen molar-refractivity contribution in [3.05, 3.63) is 29.8 Å². The normalized spacial score (nSPS) is 20.5. The molecule has 2 N–H and O–H groups in total. The summed E-state index contributed by atoms with van der Waals surface area (Å²) in [5.41, 5.74) is 1.53. The molecule has 6 nitrogen and oxygen atoms in total. The Labute approximate surface area is 148 Å². The van der Waals surface area contributed by atoms with Crippen molar-refractivity contribution in [3.63, 3.8) is 0 Å². The summed E-state index contributed by atoms with van der Waals surface area (Å²) in [6.07, 6.45) is 5.14. The number of fused-ring (bicyclic) bond motifs is 1. The van der Waals surface area contributed by atoms with Crippen LogP contribution in [0.4, 0.5) is 5.69 Å². The van der Waals surface area contributed by atoms with Crippen LogP contribution in [0.25, 0.3) is 0 Å². The number of nitrogens with one attached hydrogen (secondary N) is 2. The van der Waals surface area contributed by atoms with Gasteiger partial charge in [0.2, 0.25) is 0 Å². The summed E-state index contributed by atoms with van der Waals surface area (Å²) in [6, 6.07) is 6.61. The van der Waals surface area contributed by atoms with Crippen molar-refractivity contribution in [2.75, 3.05) is 4.90 Å². The Morgan fingerprint density at radius 2 is 1.68 bits per heavy atom. The van der Waals surface area contributed by atoms with E-state index in [0.717, 1.165) is 36.9 Å². The molecule has 0 saturated heterocycles. The van der Waals surface area contributed by atoms with Gasteiger partial charge in [0.1, 0.15) is 6.04 Å². The highest BCUT2D eigenvalue weighted by Gasteiger charge is 2.40. The molecule has 3 rings (SSSR count). The molecule has 134 valence electrons. The van der Waals surface area contributed by atoms with E-state index in [-0.39, 0.29) is 18.0 Å². The van der Waals surface area contributed by atoms with E-state index in [9.17, 15) is 14.4 Å². The molecular weight excluding hydrogens is 318 g/mol. The zero-order chi connectivity index (χ0) is 18.0. The van der Waals surface area contributed by atoms with E-state index >= 15 is 0 Å². The van der Waals surface area contributed by atoms with Gasteiger partial charge in [0.15, 0.2) is 0 Å². The average molecular weight is 343 g/mol. The molecule has 1 heterocycles. The largest absolute Gasteiger partial charge is 0.345 e. The maximum absolute atomic E-state index is 12.7. The first-order valence-corrected chi connectivity index (χ1v) is 9.02.